The summed E-state index contributed by atoms with van der Waals surface area (Å²) in [5, 5.41) is 0. The molecule has 19 heteroatoms. The van der Waals surface area contributed by atoms with Gasteiger partial charge < -0.3 is 9.47 Å². The minimum absolute atomic E-state index is 0. The molecule has 0 aromatic heterocycles. The number of hydrogen-bond donors (Lipinski definition) is 2. The summed E-state index contributed by atoms with van der Waals surface area (Å²) in [5.74, 6) is 2.67. The van der Waals surface area contributed by atoms with Crippen LogP contribution in [0.1, 0.15) is 34.6 Å². The molecule has 0 aromatic carbocycles. The smallest absolute Gasteiger partial charge is 0.478 e. The second-order valence-electron chi connectivity index (χ2n) is 7.74. The van der Waals surface area contributed by atoms with E-state index in [0.29, 0.717) is 25.0 Å². The predicted molar refractivity (Wildman–Crippen MR) is 108 cm³/mol. The fourth-order valence-corrected chi connectivity index (χ4v) is 2.08. The first-order chi connectivity index (χ1) is 15.0. The zero-order chi connectivity index (χ0) is 27.3. The first kappa shape index (κ1) is 36.0. The van der Waals surface area contributed by atoms with Crippen LogP contribution in [0.15, 0.2) is 9.98 Å². The Balaban J connectivity index is 0. The normalized spacial score (nSPS) is 20.6. The third-order valence-corrected chi connectivity index (χ3v) is 5.42. The molecule has 35 heavy (non-hydrogen) atoms. The SMILES string of the molecule is CC(C1=N[C@@H](C(C)C)CO1)C1=N[C@@H](C(C)C)CO1.O=S(=O)(O)C(F)(F)F.O=S(=O)(O)C(F)(F)F.[Cu]. The molecule has 0 aliphatic carbocycles. The molecule has 0 aromatic rings. The second-order valence-corrected chi connectivity index (χ2v) is 10.6. The van der Waals surface area contributed by atoms with Crippen LogP contribution in [0, 0.1) is 17.8 Å². The molecule has 10 nitrogen and oxygen atoms in total. The van der Waals surface area contributed by atoms with Crippen molar-refractivity contribution in [2.24, 2.45) is 27.7 Å². The molecule has 2 heterocycles. The van der Waals surface area contributed by atoms with Crippen LogP contribution in [0.25, 0.3) is 0 Å². The molecule has 2 aliphatic rings. The van der Waals surface area contributed by atoms with E-state index in [9.17, 15) is 26.3 Å². The fourth-order valence-electron chi connectivity index (χ4n) is 2.08. The zero-order valence-corrected chi connectivity index (χ0v) is 21.5. The molecule has 2 atom stereocenters. The van der Waals surface area contributed by atoms with E-state index < -0.39 is 31.3 Å². The third-order valence-electron chi connectivity index (χ3n) is 4.26. The molecule has 0 fully saturated rings. The molecule has 0 amide bonds. The Bertz CT molecular complexity index is 874. The molecule has 0 saturated heterocycles. The van der Waals surface area contributed by atoms with Crippen molar-refractivity contribution in [1.29, 1.82) is 0 Å². The number of nitrogens with zero attached hydrogens (tertiary/aromatic N) is 2. The minimum atomic E-state index is -5.84. The van der Waals surface area contributed by atoms with Gasteiger partial charge in [-0.25, -0.2) is 9.98 Å². The van der Waals surface area contributed by atoms with Crippen molar-refractivity contribution in [3.8, 4) is 0 Å². The van der Waals surface area contributed by atoms with E-state index in [0.717, 1.165) is 11.8 Å². The van der Waals surface area contributed by atoms with Gasteiger partial charge in [0.2, 0.25) is 0 Å². The molecule has 0 bridgehead atoms. The predicted octanol–water partition coefficient (Wildman–Crippen LogP) is 3.31. The first-order valence-electron chi connectivity index (χ1n) is 9.47. The number of halogens is 6. The largest absolute Gasteiger partial charge is 0.522 e. The molecule has 213 valence electrons. The van der Waals surface area contributed by atoms with Crippen LogP contribution in [0.5, 0.6) is 0 Å². The first-order valence-corrected chi connectivity index (χ1v) is 12.4. The van der Waals surface area contributed by atoms with E-state index in [2.05, 4.69) is 44.6 Å². The van der Waals surface area contributed by atoms with Gasteiger partial charge in [-0.05, 0) is 18.8 Å². The number of rotatable bonds is 4. The topological polar surface area (TPSA) is 152 Å². The molecule has 0 spiro atoms. The summed E-state index contributed by atoms with van der Waals surface area (Å²) in [4.78, 5) is 9.27. The van der Waals surface area contributed by atoms with E-state index >= 15 is 0 Å². The average molecular weight is 616 g/mol. The van der Waals surface area contributed by atoms with Gasteiger partial charge in [-0.15, -0.1) is 0 Å². The summed E-state index contributed by atoms with van der Waals surface area (Å²) in [6.07, 6.45) is 0. The third kappa shape index (κ3) is 12.1. The van der Waals surface area contributed by atoms with Crippen molar-refractivity contribution >= 4 is 32.0 Å². The van der Waals surface area contributed by atoms with Gasteiger partial charge in [-0.2, -0.15) is 43.2 Å². The number of alkyl halides is 6. The standard InChI is InChI=1S/C14H24N2O2.2CHF3O3S.Cu/c1-8(2)11-6-17-13(15-11)10(5)14-16-12(7-18-14)9(3)4;2*2-1(3,4)8(5,6)7;/h8-12H,6-7H2,1-5H3;2*(H,5,6,7);/t11-,12-;;;/m1.../s1. The van der Waals surface area contributed by atoms with Crippen LogP contribution in [-0.4, -0.2) is 74.1 Å². The van der Waals surface area contributed by atoms with Crippen LogP contribution in [-0.2, 0) is 46.8 Å². The van der Waals surface area contributed by atoms with Gasteiger partial charge in [0, 0.05) is 17.1 Å². The van der Waals surface area contributed by atoms with Crippen molar-refractivity contribution in [1.82, 2.24) is 0 Å². The van der Waals surface area contributed by atoms with Crippen LogP contribution in [0.3, 0.4) is 0 Å². The summed E-state index contributed by atoms with van der Waals surface area (Å²) in [7, 11) is -11.7. The molecule has 2 N–H and O–H groups in total. The van der Waals surface area contributed by atoms with Gasteiger partial charge >= 0.3 is 31.3 Å². The van der Waals surface area contributed by atoms with Crippen LogP contribution in [0.2, 0.25) is 0 Å². The Morgan fingerprint density at radius 2 is 0.971 bits per heavy atom. The number of aliphatic imine (C=N–C) groups is 2. The van der Waals surface area contributed by atoms with Crippen LogP contribution in [0.4, 0.5) is 26.3 Å². The van der Waals surface area contributed by atoms with Crippen molar-refractivity contribution in [3.63, 3.8) is 0 Å². The fraction of sp³-hybridized carbons (Fsp3) is 0.875. The Morgan fingerprint density at radius 3 is 1.11 bits per heavy atom. The van der Waals surface area contributed by atoms with Crippen molar-refractivity contribution in [2.45, 2.75) is 57.7 Å². The maximum Gasteiger partial charge on any atom is 0.522 e. The second kappa shape index (κ2) is 13.4. The quantitative estimate of drug-likeness (QED) is 0.211. The van der Waals surface area contributed by atoms with Crippen molar-refractivity contribution in [2.75, 3.05) is 13.2 Å². The van der Waals surface area contributed by atoms with Crippen molar-refractivity contribution in [3.05, 3.63) is 0 Å². The van der Waals surface area contributed by atoms with E-state index in [-0.39, 0.29) is 35.1 Å². The maximum atomic E-state index is 10.7. The molecular formula is C16H26CuF6N2O8S2. The Kier molecular flexibility index (Phi) is 13.8. The Morgan fingerprint density at radius 1 is 0.743 bits per heavy atom. The molecule has 2 rings (SSSR count). The number of hydrogen-bond acceptors (Lipinski definition) is 8. The maximum absolute atomic E-state index is 10.7. The summed E-state index contributed by atoms with van der Waals surface area (Å²) >= 11 is 0. The Hall–Kier alpha value is -1.14. The van der Waals surface area contributed by atoms with Gasteiger partial charge in [0.25, 0.3) is 0 Å². The van der Waals surface area contributed by atoms with Gasteiger partial charge in [0.1, 0.15) is 19.1 Å². The minimum Gasteiger partial charge on any atom is -0.478 e. The summed E-state index contributed by atoms with van der Waals surface area (Å²) < 4.78 is 126. The van der Waals surface area contributed by atoms with E-state index in [4.69, 9.17) is 35.4 Å². The average Bonchev–Trinajstić information content (AvgIpc) is 3.29. The van der Waals surface area contributed by atoms with Gasteiger partial charge in [-0.1, -0.05) is 27.7 Å². The van der Waals surface area contributed by atoms with Crippen molar-refractivity contribution < 1.29 is 78.8 Å². The molecule has 0 saturated carbocycles. The van der Waals surface area contributed by atoms with E-state index in [1.54, 1.807) is 0 Å². The molecule has 2 aliphatic heterocycles. The van der Waals surface area contributed by atoms with Gasteiger partial charge in [0.05, 0.1) is 12.1 Å². The van der Waals surface area contributed by atoms with Crippen LogP contribution >= 0.6 is 0 Å². The zero-order valence-electron chi connectivity index (χ0n) is 18.9. The Labute approximate surface area is 209 Å². The van der Waals surface area contributed by atoms with E-state index in [1.807, 2.05) is 0 Å². The molecular weight excluding hydrogens is 590 g/mol. The summed E-state index contributed by atoms with van der Waals surface area (Å²) in [6, 6.07) is 0.565. The van der Waals surface area contributed by atoms with Crippen LogP contribution < -0.4 is 0 Å². The van der Waals surface area contributed by atoms with E-state index in [1.165, 1.54) is 0 Å². The molecule has 0 unspecified atom stereocenters. The van der Waals surface area contributed by atoms with Gasteiger partial charge in [-0.3, -0.25) is 9.11 Å². The molecule has 1 radical (unpaired) electrons. The van der Waals surface area contributed by atoms with Gasteiger partial charge in [0.15, 0.2) is 11.8 Å². The summed E-state index contributed by atoms with van der Waals surface area (Å²) in [6.45, 7) is 12.1. The number of ether oxygens (including phenoxy) is 2. The summed E-state index contributed by atoms with van der Waals surface area (Å²) in [5.41, 5.74) is -11.1. The monoisotopic (exact) mass is 615 g/mol.